The second-order valence-corrected chi connectivity index (χ2v) is 5.71. The fraction of sp³-hybridized carbons (Fsp3) is 0.267. The van der Waals surface area contributed by atoms with Crippen LogP contribution >= 0.6 is 11.3 Å². The van der Waals surface area contributed by atoms with Crippen molar-refractivity contribution in [3.63, 3.8) is 0 Å². The number of carboxylic acid groups (broad SMARTS) is 2. The Morgan fingerprint density at radius 3 is 2.17 bits per heavy atom. The van der Waals surface area contributed by atoms with Crippen molar-refractivity contribution in [2.45, 2.75) is 19.1 Å². The SMILES string of the molecule is Cc1ccsc1/C=C/c1nccn1C.O=C(O)C(O)C(O)C(=O)O. The lowest BCUT2D eigenvalue weighted by atomic mass is 10.2. The number of aliphatic hydroxyl groups excluding tert-OH is 2. The van der Waals surface area contributed by atoms with Crippen LogP contribution in [0.15, 0.2) is 23.8 Å². The molecule has 0 aromatic carbocycles. The van der Waals surface area contributed by atoms with Gasteiger partial charge in [-0.3, -0.25) is 0 Å². The Bertz CT molecular complexity index is 661. The Labute approximate surface area is 142 Å². The molecule has 9 heteroatoms. The molecule has 0 spiro atoms. The van der Waals surface area contributed by atoms with Gasteiger partial charge in [-0.1, -0.05) is 0 Å². The Kier molecular flexibility index (Phi) is 7.31. The largest absolute Gasteiger partial charge is 0.479 e. The van der Waals surface area contributed by atoms with E-state index in [2.05, 4.69) is 29.4 Å². The number of nitrogens with zero attached hydrogens (tertiary/aromatic N) is 2. The maximum absolute atomic E-state index is 9.77. The molecule has 0 aliphatic rings. The fourth-order valence-corrected chi connectivity index (χ4v) is 2.33. The van der Waals surface area contributed by atoms with Gasteiger partial charge in [0.25, 0.3) is 0 Å². The number of aromatic nitrogens is 2. The molecule has 0 fully saturated rings. The molecule has 2 heterocycles. The van der Waals surface area contributed by atoms with E-state index in [1.54, 1.807) is 17.5 Å². The van der Waals surface area contributed by atoms with Gasteiger partial charge in [0.2, 0.25) is 0 Å². The summed E-state index contributed by atoms with van der Waals surface area (Å²) in [4.78, 5) is 25.1. The molecule has 2 unspecified atom stereocenters. The van der Waals surface area contributed by atoms with Gasteiger partial charge < -0.3 is 25.0 Å². The summed E-state index contributed by atoms with van der Waals surface area (Å²) in [7, 11) is 1.99. The minimum Gasteiger partial charge on any atom is -0.479 e. The molecule has 0 bridgehead atoms. The Morgan fingerprint density at radius 2 is 1.79 bits per heavy atom. The number of hydrogen-bond donors (Lipinski definition) is 4. The van der Waals surface area contributed by atoms with Crippen LogP contribution in [0.4, 0.5) is 0 Å². The number of thiophene rings is 1. The summed E-state index contributed by atoms with van der Waals surface area (Å²) in [6.07, 6.45) is 3.37. The summed E-state index contributed by atoms with van der Waals surface area (Å²) in [6, 6.07) is 2.13. The molecule has 2 rings (SSSR count). The third-order valence-electron chi connectivity index (χ3n) is 2.95. The van der Waals surface area contributed by atoms with Crippen molar-refractivity contribution in [2.24, 2.45) is 7.05 Å². The molecule has 0 amide bonds. The van der Waals surface area contributed by atoms with Crippen molar-refractivity contribution in [3.8, 4) is 0 Å². The van der Waals surface area contributed by atoms with Crippen LogP contribution in [-0.2, 0) is 16.6 Å². The molecule has 2 aromatic heterocycles. The summed E-state index contributed by atoms with van der Waals surface area (Å²) in [6.45, 7) is 2.12. The van der Waals surface area contributed by atoms with Gasteiger partial charge in [-0.05, 0) is 36.1 Å². The molecule has 2 atom stereocenters. The lowest BCUT2D eigenvalue weighted by Crippen LogP contribution is -2.39. The molecule has 0 saturated carbocycles. The smallest absolute Gasteiger partial charge is 0.335 e. The number of carbonyl (C=O) groups is 2. The van der Waals surface area contributed by atoms with Crippen molar-refractivity contribution < 1.29 is 30.0 Å². The van der Waals surface area contributed by atoms with Gasteiger partial charge in [0, 0.05) is 24.3 Å². The van der Waals surface area contributed by atoms with Crippen molar-refractivity contribution in [2.75, 3.05) is 0 Å². The Balaban J connectivity index is 0.000000257. The lowest BCUT2D eigenvalue weighted by Gasteiger charge is -2.07. The molecule has 130 valence electrons. The van der Waals surface area contributed by atoms with Crippen molar-refractivity contribution >= 4 is 35.4 Å². The van der Waals surface area contributed by atoms with Crippen LogP contribution in [0.5, 0.6) is 0 Å². The second-order valence-electron chi connectivity index (χ2n) is 4.76. The first kappa shape index (κ1) is 19.6. The van der Waals surface area contributed by atoms with Gasteiger partial charge in [-0.15, -0.1) is 11.3 Å². The summed E-state index contributed by atoms with van der Waals surface area (Å²) in [5.41, 5.74) is 1.32. The van der Waals surface area contributed by atoms with E-state index in [1.807, 2.05) is 23.9 Å². The summed E-state index contributed by atoms with van der Waals surface area (Å²) in [5.74, 6) is -2.55. The topological polar surface area (TPSA) is 133 Å². The van der Waals surface area contributed by atoms with Crippen molar-refractivity contribution in [1.29, 1.82) is 0 Å². The highest BCUT2D eigenvalue weighted by Gasteiger charge is 2.29. The number of imidazole rings is 1. The van der Waals surface area contributed by atoms with Gasteiger partial charge in [0.15, 0.2) is 12.2 Å². The molecule has 0 aliphatic carbocycles. The van der Waals surface area contributed by atoms with E-state index in [4.69, 9.17) is 20.4 Å². The van der Waals surface area contributed by atoms with Crippen LogP contribution in [0, 0.1) is 6.92 Å². The van der Waals surface area contributed by atoms with Gasteiger partial charge in [-0.25, -0.2) is 14.6 Å². The average molecular weight is 354 g/mol. The number of aliphatic carboxylic acids is 2. The third kappa shape index (κ3) is 5.61. The molecule has 0 aliphatic heterocycles. The zero-order chi connectivity index (χ0) is 18.3. The molecule has 8 nitrogen and oxygen atoms in total. The second kappa shape index (κ2) is 8.96. The van der Waals surface area contributed by atoms with Crippen LogP contribution in [-0.4, -0.2) is 54.1 Å². The highest BCUT2D eigenvalue weighted by atomic mass is 32.1. The molecular formula is C15H18N2O6S. The maximum Gasteiger partial charge on any atom is 0.335 e. The minimum atomic E-state index is -2.27. The number of carboxylic acids is 2. The predicted octanol–water partition coefficient (Wildman–Crippen LogP) is 0.838. The summed E-state index contributed by atoms with van der Waals surface area (Å²) >= 11 is 1.75. The van der Waals surface area contributed by atoms with Gasteiger partial charge in [-0.2, -0.15) is 0 Å². The third-order valence-corrected chi connectivity index (χ3v) is 3.93. The summed E-state index contributed by atoms with van der Waals surface area (Å²) < 4.78 is 2.00. The normalized spacial score (nSPS) is 13.2. The molecular weight excluding hydrogens is 336 g/mol. The first-order valence-electron chi connectivity index (χ1n) is 6.75. The van der Waals surface area contributed by atoms with Crippen LogP contribution < -0.4 is 0 Å². The number of aryl methyl sites for hydroxylation is 2. The van der Waals surface area contributed by atoms with Crippen LogP contribution in [0.3, 0.4) is 0 Å². The van der Waals surface area contributed by atoms with E-state index in [-0.39, 0.29) is 0 Å². The molecule has 0 radical (unpaired) electrons. The summed E-state index contributed by atoms with van der Waals surface area (Å²) in [5, 5.41) is 34.6. The highest BCUT2D eigenvalue weighted by Crippen LogP contribution is 2.18. The van der Waals surface area contributed by atoms with Crippen LogP contribution in [0.2, 0.25) is 0 Å². The lowest BCUT2D eigenvalue weighted by molar-refractivity contribution is -0.165. The van der Waals surface area contributed by atoms with Gasteiger partial charge >= 0.3 is 11.9 Å². The predicted molar refractivity (Wildman–Crippen MR) is 88.5 cm³/mol. The monoisotopic (exact) mass is 354 g/mol. The maximum atomic E-state index is 9.77. The van der Waals surface area contributed by atoms with Crippen molar-refractivity contribution in [3.05, 3.63) is 40.1 Å². The van der Waals surface area contributed by atoms with Crippen molar-refractivity contribution in [1.82, 2.24) is 9.55 Å². The number of aliphatic hydroxyl groups is 2. The molecule has 2 aromatic rings. The van der Waals surface area contributed by atoms with Crippen LogP contribution in [0.25, 0.3) is 12.2 Å². The Hall–Kier alpha value is -2.49. The molecule has 24 heavy (non-hydrogen) atoms. The minimum absolute atomic E-state index is 0.984. The van der Waals surface area contributed by atoms with E-state index in [9.17, 15) is 9.59 Å². The van der Waals surface area contributed by atoms with E-state index in [0.717, 1.165) is 5.82 Å². The Morgan fingerprint density at radius 1 is 1.21 bits per heavy atom. The average Bonchev–Trinajstić information content (AvgIpc) is 3.12. The number of rotatable bonds is 5. The van der Waals surface area contributed by atoms with E-state index in [1.165, 1.54) is 10.4 Å². The van der Waals surface area contributed by atoms with E-state index in [0.29, 0.717) is 0 Å². The molecule has 0 saturated heterocycles. The van der Waals surface area contributed by atoms with Crippen LogP contribution in [0.1, 0.15) is 16.3 Å². The van der Waals surface area contributed by atoms with E-state index < -0.39 is 24.1 Å². The molecule has 4 N–H and O–H groups in total. The first-order chi connectivity index (χ1) is 11.2. The number of hydrogen-bond acceptors (Lipinski definition) is 6. The zero-order valence-electron chi connectivity index (χ0n) is 13.0. The van der Waals surface area contributed by atoms with E-state index >= 15 is 0 Å². The quantitative estimate of drug-likeness (QED) is 0.625. The van der Waals surface area contributed by atoms with Gasteiger partial charge in [0.05, 0.1) is 0 Å². The first-order valence-corrected chi connectivity index (χ1v) is 7.63. The fourth-order valence-electron chi connectivity index (χ4n) is 1.51. The van der Waals surface area contributed by atoms with Gasteiger partial charge in [0.1, 0.15) is 5.82 Å². The highest BCUT2D eigenvalue weighted by molar-refractivity contribution is 7.11. The standard InChI is InChI=1S/C11H12N2S.C4H6O6/c1-9-5-8-14-10(9)3-4-11-12-6-7-13(11)2;5-1(3(7)8)2(6)4(9)10/h3-8H,1-2H3;1-2,5-6H,(H,7,8)(H,9,10)/b4-3+;. The zero-order valence-corrected chi connectivity index (χ0v) is 13.8.